The van der Waals surface area contributed by atoms with Gasteiger partial charge in [-0.25, -0.2) is 9.07 Å². The normalized spacial score (nSPS) is 13.9. The van der Waals surface area contributed by atoms with Gasteiger partial charge in [0.05, 0.1) is 12.8 Å². The Morgan fingerprint density at radius 2 is 1.77 bits per heavy atom. The van der Waals surface area contributed by atoms with Gasteiger partial charge in [0, 0.05) is 32.4 Å². The number of para-hydroxylation sites is 2. The molecule has 1 saturated heterocycles. The average molecular weight is 410 g/mol. The monoisotopic (exact) mass is 410 g/mol. The quantitative estimate of drug-likeness (QED) is 0.625. The zero-order chi connectivity index (χ0) is 20.9. The minimum Gasteiger partial charge on any atom is -0.495 e. The predicted octanol–water partition coefficient (Wildman–Crippen LogP) is 3.03. The van der Waals surface area contributed by atoms with Crippen LogP contribution in [0.3, 0.4) is 0 Å². The number of carbonyl (C=O) groups is 1. The van der Waals surface area contributed by atoms with Crippen LogP contribution in [0.25, 0.3) is 0 Å². The summed E-state index contributed by atoms with van der Waals surface area (Å²) in [5.74, 6) is 0.944. The lowest BCUT2D eigenvalue weighted by molar-refractivity contribution is 0.0738. The SMILES string of the molecule is COc1ccccc1N1CCN(C(=O)c2ccn(COc3ccc(F)cc3)n2)CC1. The number of anilines is 1. The summed E-state index contributed by atoms with van der Waals surface area (Å²) in [6.45, 7) is 2.80. The van der Waals surface area contributed by atoms with Crippen LogP contribution < -0.4 is 14.4 Å². The van der Waals surface area contributed by atoms with Gasteiger partial charge in [-0.1, -0.05) is 12.1 Å². The predicted molar refractivity (Wildman–Crippen MR) is 110 cm³/mol. The van der Waals surface area contributed by atoms with Gasteiger partial charge in [0.15, 0.2) is 12.4 Å². The van der Waals surface area contributed by atoms with Crippen LogP contribution in [-0.2, 0) is 6.73 Å². The Morgan fingerprint density at radius 1 is 1.03 bits per heavy atom. The Kier molecular flexibility index (Phi) is 5.83. The number of ether oxygens (including phenoxy) is 2. The van der Waals surface area contributed by atoms with Gasteiger partial charge in [0.1, 0.15) is 17.3 Å². The van der Waals surface area contributed by atoms with E-state index in [1.165, 1.54) is 12.1 Å². The molecule has 1 aromatic heterocycles. The van der Waals surface area contributed by atoms with Crippen LogP contribution in [0.4, 0.5) is 10.1 Å². The summed E-state index contributed by atoms with van der Waals surface area (Å²) in [6, 6.07) is 15.3. The number of benzene rings is 2. The summed E-state index contributed by atoms with van der Waals surface area (Å²) in [6.07, 6.45) is 1.70. The van der Waals surface area contributed by atoms with Crippen LogP contribution in [-0.4, -0.2) is 53.9 Å². The molecule has 2 aromatic carbocycles. The number of amides is 1. The van der Waals surface area contributed by atoms with Crippen LogP contribution >= 0.6 is 0 Å². The standard InChI is InChI=1S/C22H23FN4O3/c1-29-21-5-3-2-4-20(21)25-12-14-26(15-13-25)22(28)19-10-11-27(24-19)16-30-18-8-6-17(23)7-9-18/h2-11H,12-16H2,1H3. The lowest BCUT2D eigenvalue weighted by Crippen LogP contribution is -2.49. The smallest absolute Gasteiger partial charge is 0.274 e. The number of carbonyl (C=O) groups excluding carboxylic acids is 1. The molecule has 0 bridgehead atoms. The highest BCUT2D eigenvalue weighted by molar-refractivity contribution is 5.92. The fraction of sp³-hybridized carbons (Fsp3) is 0.273. The second-order valence-electron chi connectivity index (χ2n) is 6.92. The molecular formula is C22H23FN4O3. The molecule has 7 nitrogen and oxygen atoms in total. The van der Waals surface area contributed by atoms with Crippen molar-refractivity contribution in [1.29, 1.82) is 0 Å². The minimum absolute atomic E-state index is 0.102. The van der Waals surface area contributed by atoms with E-state index in [-0.39, 0.29) is 18.5 Å². The molecule has 1 fully saturated rings. The van der Waals surface area contributed by atoms with E-state index in [4.69, 9.17) is 9.47 Å². The van der Waals surface area contributed by atoms with Crippen molar-refractivity contribution in [3.8, 4) is 11.5 Å². The van der Waals surface area contributed by atoms with E-state index in [0.29, 0.717) is 24.5 Å². The third-order valence-electron chi connectivity index (χ3n) is 5.03. The zero-order valence-electron chi connectivity index (χ0n) is 16.7. The van der Waals surface area contributed by atoms with Gasteiger partial charge in [0.25, 0.3) is 5.91 Å². The van der Waals surface area contributed by atoms with E-state index in [9.17, 15) is 9.18 Å². The van der Waals surface area contributed by atoms with Crippen LogP contribution in [0.5, 0.6) is 11.5 Å². The van der Waals surface area contributed by atoms with Gasteiger partial charge < -0.3 is 19.3 Å². The van der Waals surface area contributed by atoms with Crippen LogP contribution in [0.15, 0.2) is 60.8 Å². The van der Waals surface area contributed by atoms with Crippen molar-refractivity contribution in [3.63, 3.8) is 0 Å². The van der Waals surface area contributed by atoms with E-state index in [2.05, 4.69) is 10.00 Å². The molecule has 0 aliphatic carbocycles. The number of piperazine rings is 1. The second-order valence-corrected chi connectivity index (χ2v) is 6.92. The maximum atomic E-state index is 13.0. The number of hydrogen-bond donors (Lipinski definition) is 0. The van der Waals surface area contributed by atoms with Gasteiger partial charge in [-0.3, -0.25) is 4.79 Å². The Bertz CT molecular complexity index is 998. The molecule has 1 aliphatic heterocycles. The molecule has 4 rings (SSSR count). The van der Waals surface area contributed by atoms with Gasteiger partial charge in [-0.2, -0.15) is 5.10 Å². The second kappa shape index (κ2) is 8.86. The molecule has 3 aromatic rings. The lowest BCUT2D eigenvalue weighted by Gasteiger charge is -2.36. The van der Waals surface area contributed by atoms with Crippen molar-refractivity contribution in [2.45, 2.75) is 6.73 Å². The summed E-state index contributed by atoms with van der Waals surface area (Å²) in [4.78, 5) is 16.8. The van der Waals surface area contributed by atoms with Crippen LogP contribution in [0.2, 0.25) is 0 Å². The lowest BCUT2D eigenvalue weighted by atomic mass is 10.2. The molecule has 8 heteroatoms. The molecule has 0 atom stereocenters. The molecule has 30 heavy (non-hydrogen) atoms. The van der Waals surface area contributed by atoms with Gasteiger partial charge in [-0.15, -0.1) is 0 Å². The summed E-state index contributed by atoms with van der Waals surface area (Å²) < 4.78 is 25.5. The molecule has 0 saturated carbocycles. The van der Waals surface area contributed by atoms with E-state index in [1.807, 2.05) is 24.3 Å². The Labute approximate surface area is 174 Å². The van der Waals surface area contributed by atoms with Crippen molar-refractivity contribution < 1.29 is 18.7 Å². The van der Waals surface area contributed by atoms with Gasteiger partial charge in [-0.05, 0) is 42.5 Å². The highest BCUT2D eigenvalue weighted by atomic mass is 19.1. The molecule has 156 valence electrons. The zero-order valence-corrected chi connectivity index (χ0v) is 16.7. The van der Waals surface area contributed by atoms with Gasteiger partial charge in [0.2, 0.25) is 0 Å². The Balaban J connectivity index is 1.33. The molecule has 2 heterocycles. The Morgan fingerprint density at radius 3 is 2.50 bits per heavy atom. The van der Waals surface area contributed by atoms with Crippen molar-refractivity contribution in [2.24, 2.45) is 0 Å². The first-order valence-corrected chi connectivity index (χ1v) is 9.73. The first-order chi connectivity index (χ1) is 14.6. The number of methoxy groups -OCH3 is 1. The maximum absolute atomic E-state index is 13.0. The fourth-order valence-electron chi connectivity index (χ4n) is 3.42. The topological polar surface area (TPSA) is 59.8 Å². The van der Waals surface area contributed by atoms with Crippen molar-refractivity contribution in [3.05, 3.63) is 72.3 Å². The highest BCUT2D eigenvalue weighted by Gasteiger charge is 2.25. The molecule has 0 unspecified atom stereocenters. The molecular weight excluding hydrogens is 387 g/mol. The average Bonchev–Trinajstić information content (AvgIpc) is 3.27. The van der Waals surface area contributed by atoms with E-state index < -0.39 is 0 Å². The first-order valence-electron chi connectivity index (χ1n) is 9.73. The summed E-state index contributed by atoms with van der Waals surface area (Å²) >= 11 is 0. The summed E-state index contributed by atoms with van der Waals surface area (Å²) in [7, 11) is 1.66. The third-order valence-corrected chi connectivity index (χ3v) is 5.03. The highest BCUT2D eigenvalue weighted by Crippen LogP contribution is 2.28. The van der Waals surface area contributed by atoms with Crippen molar-refractivity contribution in [2.75, 3.05) is 38.2 Å². The number of halogens is 1. The molecule has 0 spiro atoms. The molecule has 1 amide bonds. The summed E-state index contributed by atoms with van der Waals surface area (Å²) in [5.41, 5.74) is 1.41. The maximum Gasteiger partial charge on any atom is 0.274 e. The van der Waals surface area contributed by atoms with Crippen molar-refractivity contribution >= 4 is 11.6 Å². The summed E-state index contributed by atoms with van der Waals surface area (Å²) in [5, 5.41) is 4.32. The molecule has 0 N–H and O–H groups in total. The number of hydrogen-bond acceptors (Lipinski definition) is 5. The number of nitrogens with zero attached hydrogens (tertiary/aromatic N) is 4. The third kappa shape index (κ3) is 4.37. The minimum atomic E-state index is -0.319. The van der Waals surface area contributed by atoms with E-state index in [1.54, 1.807) is 41.1 Å². The largest absolute Gasteiger partial charge is 0.495 e. The molecule has 0 radical (unpaired) electrons. The number of rotatable bonds is 6. The fourth-order valence-corrected chi connectivity index (χ4v) is 3.42. The van der Waals surface area contributed by atoms with Crippen molar-refractivity contribution in [1.82, 2.24) is 14.7 Å². The van der Waals surface area contributed by atoms with Crippen LogP contribution in [0, 0.1) is 5.82 Å². The van der Waals surface area contributed by atoms with Gasteiger partial charge >= 0.3 is 0 Å². The molecule has 1 aliphatic rings. The van der Waals surface area contributed by atoms with E-state index in [0.717, 1.165) is 24.5 Å². The van der Waals surface area contributed by atoms with E-state index >= 15 is 0 Å². The van der Waals surface area contributed by atoms with Crippen LogP contribution in [0.1, 0.15) is 10.5 Å². The first kappa shape index (κ1) is 19.8. The number of aromatic nitrogens is 2. The Hall–Kier alpha value is -3.55.